The van der Waals surface area contributed by atoms with Crippen molar-refractivity contribution in [3.63, 3.8) is 0 Å². The van der Waals surface area contributed by atoms with Crippen LogP contribution < -0.4 is 0 Å². The second kappa shape index (κ2) is 6.24. The number of aromatic nitrogens is 2. The molecular weight excluding hydrogens is 328 g/mol. The highest BCUT2D eigenvalue weighted by Crippen LogP contribution is 2.35. The summed E-state index contributed by atoms with van der Waals surface area (Å²) in [6.45, 7) is 4.53. The van der Waals surface area contributed by atoms with E-state index in [-0.39, 0.29) is 0 Å². The number of pyridine rings is 1. The molecule has 2 heterocycles. The van der Waals surface area contributed by atoms with E-state index in [9.17, 15) is 0 Å². The van der Waals surface area contributed by atoms with Gasteiger partial charge in [-0.1, -0.05) is 68.4 Å². The van der Waals surface area contributed by atoms with E-state index in [1.54, 1.807) is 0 Å². The number of para-hydroxylation sites is 1. The molecule has 0 N–H and O–H groups in total. The highest BCUT2D eigenvalue weighted by molar-refractivity contribution is 6.19. The SMILES string of the molecule is CC(C)Cc1cccc(-n2c3ccccc3c3c4ccccc4cnc32)c1. The molecule has 0 fully saturated rings. The predicted octanol–water partition coefficient (Wildman–Crippen LogP) is 6.53. The predicted molar refractivity (Wildman–Crippen MR) is 115 cm³/mol. The third-order valence-corrected chi connectivity index (χ3v) is 5.22. The quantitative estimate of drug-likeness (QED) is 0.362. The van der Waals surface area contributed by atoms with E-state index in [1.807, 2.05) is 6.20 Å². The summed E-state index contributed by atoms with van der Waals surface area (Å²) >= 11 is 0. The average molecular weight is 350 g/mol. The maximum Gasteiger partial charge on any atom is 0.146 e. The van der Waals surface area contributed by atoms with Crippen LogP contribution in [0.4, 0.5) is 0 Å². The summed E-state index contributed by atoms with van der Waals surface area (Å²) in [5.74, 6) is 0.639. The monoisotopic (exact) mass is 350 g/mol. The Morgan fingerprint density at radius 1 is 0.852 bits per heavy atom. The lowest BCUT2D eigenvalue weighted by molar-refractivity contribution is 0.647. The first-order valence-electron chi connectivity index (χ1n) is 9.58. The molecule has 2 aromatic heterocycles. The molecule has 0 amide bonds. The van der Waals surface area contributed by atoms with Gasteiger partial charge in [0.05, 0.1) is 5.52 Å². The van der Waals surface area contributed by atoms with Gasteiger partial charge in [-0.3, -0.25) is 4.57 Å². The molecule has 0 aliphatic rings. The van der Waals surface area contributed by atoms with Crippen molar-refractivity contribution < 1.29 is 0 Å². The van der Waals surface area contributed by atoms with Crippen molar-refractivity contribution in [2.75, 3.05) is 0 Å². The fraction of sp³-hybridized carbons (Fsp3) is 0.160. The second-order valence-corrected chi connectivity index (χ2v) is 7.66. The zero-order valence-corrected chi connectivity index (χ0v) is 15.7. The second-order valence-electron chi connectivity index (χ2n) is 7.66. The fourth-order valence-corrected chi connectivity index (χ4v) is 4.14. The lowest BCUT2D eigenvalue weighted by atomic mass is 10.0. The minimum Gasteiger partial charge on any atom is -0.294 e. The van der Waals surface area contributed by atoms with Gasteiger partial charge in [0.15, 0.2) is 0 Å². The molecule has 5 aromatic rings. The maximum absolute atomic E-state index is 4.88. The normalized spacial score (nSPS) is 11.8. The first kappa shape index (κ1) is 16.1. The summed E-state index contributed by atoms with van der Waals surface area (Å²) < 4.78 is 2.31. The van der Waals surface area contributed by atoms with E-state index in [4.69, 9.17) is 4.98 Å². The largest absolute Gasteiger partial charge is 0.294 e. The van der Waals surface area contributed by atoms with Crippen LogP contribution in [0.5, 0.6) is 0 Å². The van der Waals surface area contributed by atoms with Gasteiger partial charge in [0.2, 0.25) is 0 Å². The molecule has 0 atom stereocenters. The third-order valence-electron chi connectivity index (χ3n) is 5.22. The lowest BCUT2D eigenvalue weighted by Gasteiger charge is -2.11. The Bertz CT molecular complexity index is 1280. The van der Waals surface area contributed by atoms with Gasteiger partial charge in [-0.05, 0) is 41.5 Å². The van der Waals surface area contributed by atoms with Gasteiger partial charge in [0.1, 0.15) is 5.65 Å². The van der Waals surface area contributed by atoms with Crippen molar-refractivity contribution in [2.24, 2.45) is 5.92 Å². The Morgan fingerprint density at radius 3 is 2.48 bits per heavy atom. The van der Waals surface area contributed by atoms with Crippen LogP contribution in [-0.4, -0.2) is 9.55 Å². The minimum atomic E-state index is 0.639. The molecule has 0 aliphatic heterocycles. The summed E-state index contributed by atoms with van der Waals surface area (Å²) in [5.41, 5.74) is 4.78. The number of rotatable bonds is 3. The molecule has 27 heavy (non-hydrogen) atoms. The fourth-order valence-electron chi connectivity index (χ4n) is 4.14. The van der Waals surface area contributed by atoms with Crippen LogP contribution in [0.2, 0.25) is 0 Å². The molecule has 3 aromatic carbocycles. The molecule has 2 nitrogen and oxygen atoms in total. The molecule has 2 heteroatoms. The van der Waals surface area contributed by atoms with Crippen molar-refractivity contribution >= 4 is 32.7 Å². The Kier molecular flexibility index (Phi) is 3.71. The van der Waals surface area contributed by atoms with Crippen LogP contribution in [0.3, 0.4) is 0 Å². The topological polar surface area (TPSA) is 17.8 Å². The van der Waals surface area contributed by atoms with Gasteiger partial charge in [-0.2, -0.15) is 0 Å². The van der Waals surface area contributed by atoms with Crippen LogP contribution >= 0.6 is 0 Å². The van der Waals surface area contributed by atoms with Gasteiger partial charge in [-0.15, -0.1) is 0 Å². The number of nitrogens with zero attached hydrogens (tertiary/aromatic N) is 2. The summed E-state index contributed by atoms with van der Waals surface area (Å²) in [5, 5.41) is 4.93. The smallest absolute Gasteiger partial charge is 0.146 e. The minimum absolute atomic E-state index is 0.639. The van der Waals surface area contributed by atoms with Gasteiger partial charge in [-0.25, -0.2) is 4.98 Å². The van der Waals surface area contributed by atoms with Crippen molar-refractivity contribution in [1.29, 1.82) is 0 Å². The average Bonchev–Trinajstić information content (AvgIpc) is 3.02. The van der Waals surface area contributed by atoms with Crippen molar-refractivity contribution in [1.82, 2.24) is 9.55 Å². The Balaban J connectivity index is 1.88. The highest BCUT2D eigenvalue weighted by atomic mass is 15.0. The number of hydrogen-bond donors (Lipinski definition) is 0. The molecule has 0 aliphatic carbocycles. The van der Waals surface area contributed by atoms with E-state index in [0.717, 1.165) is 12.1 Å². The molecule has 132 valence electrons. The molecule has 0 unspecified atom stereocenters. The molecular formula is C25H22N2. The van der Waals surface area contributed by atoms with Crippen LogP contribution in [0, 0.1) is 5.92 Å². The van der Waals surface area contributed by atoms with Crippen molar-refractivity contribution in [3.8, 4) is 5.69 Å². The molecule has 5 rings (SSSR count). The Hall–Kier alpha value is -3.13. The Labute approximate surface area is 159 Å². The summed E-state index contributed by atoms with van der Waals surface area (Å²) in [6.07, 6.45) is 3.08. The van der Waals surface area contributed by atoms with E-state index in [0.29, 0.717) is 5.92 Å². The lowest BCUT2D eigenvalue weighted by Crippen LogP contribution is -1.99. The van der Waals surface area contributed by atoms with Crippen LogP contribution in [0.25, 0.3) is 38.4 Å². The van der Waals surface area contributed by atoms with Gasteiger partial charge in [0, 0.05) is 28.0 Å². The van der Waals surface area contributed by atoms with Crippen LogP contribution in [-0.2, 0) is 6.42 Å². The zero-order chi connectivity index (χ0) is 18.4. The summed E-state index contributed by atoms with van der Waals surface area (Å²) in [7, 11) is 0. The first-order chi connectivity index (χ1) is 13.2. The highest BCUT2D eigenvalue weighted by Gasteiger charge is 2.15. The standard InChI is InChI=1S/C25H22N2/c1-17(2)14-18-8-7-10-20(15-18)27-23-13-6-5-12-22(23)24-21-11-4-3-9-19(21)16-26-25(24)27/h3-13,15-17H,14H2,1-2H3. The van der Waals surface area contributed by atoms with Crippen LogP contribution in [0.1, 0.15) is 19.4 Å². The van der Waals surface area contributed by atoms with Gasteiger partial charge >= 0.3 is 0 Å². The van der Waals surface area contributed by atoms with E-state index >= 15 is 0 Å². The number of hydrogen-bond acceptors (Lipinski definition) is 1. The first-order valence-corrected chi connectivity index (χ1v) is 9.58. The molecule has 0 saturated heterocycles. The van der Waals surface area contributed by atoms with Gasteiger partial charge < -0.3 is 0 Å². The number of fused-ring (bicyclic) bond motifs is 5. The molecule has 0 spiro atoms. The molecule has 0 saturated carbocycles. The number of benzene rings is 3. The summed E-state index contributed by atoms with van der Waals surface area (Å²) in [4.78, 5) is 4.88. The third kappa shape index (κ3) is 2.60. The Morgan fingerprint density at radius 2 is 1.63 bits per heavy atom. The zero-order valence-electron chi connectivity index (χ0n) is 15.7. The van der Waals surface area contributed by atoms with Crippen LogP contribution in [0.15, 0.2) is 79.0 Å². The summed E-state index contributed by atoms with van der Waals surface area (Å²) in [6, 6.07) is 26.0. The van der Waals surface area contributed by atoms with Gasteiger partial charge in [0.25, 0.3) is 0 Å². The molecule has 0 bridgehead atoms. The van der Waals surface area contributed by atoms with Crippen molar-refractivity contribution in [2.45, 2.75) is 20.3 Å². The van der Waals surface area contributed by atoms with E-state index in [1.165, 1.54) is 38.3 Å². The maximum atomic E-state index is 4.88. The van der Waals surface area contributed by atoms with E-state index < -0.39 is 0 Å². The van der Waals surface area contributed by atoms with E-state index in [2.05, 4.69) is 91.2 Å². The molecule has 0 radical (unpaired) electrons. The van der Waals surface area contributed by atoms with Crippen molar-refractivity contribution in [3.05, 3.63) is 84.6 Å².